The highest BCUT2D eigenvalue weighted by molar-refractivity contribution is 6.13. The Hall–Kier alpha value is -1.72. The molecule has 2 rings (SSSR count). The minimum Gasteiger partial charge on any atom is -0.369 e. The lowest BCUT2D eigenvalue weighted by atomic mass is 9.78. The Balaban J connectivity index is 2.37. The van der Waals surface area contributed by atoms with Gasteiger partial charge in [-0.15, -0.1) is 0 Å². The van der Waals surface area contributed by atoms with Gasteiger partial charge in [-0.3, -0.25) is 4.90 Å². The summed E-state index contributed by atoms with van der Waals surface area (Å²) >= 11 is 0. The van der Waals surface area contributed by atoms with Gasteiger partial charge in [0.25, 0.3) is 0 Å². The van der Waals surface area contributed by atoms with E-state index in [9.17, 15) is 4.79 Å². The van der Waals surface area contributed by atoms with Gasteiger partial charge >= 0.3 is 6.03 Å². The quantitative estimate of drug-likeness (QED) is 0.644. The van der Waals surface area contributed by atoms with Crippen molar-refractivity contribution >= 4 is 19.8 Å². The molecule has 1 aliphatic carbocycles. The van der Waals surface area contributed by atoms with Crippen molar-refractivity contribution in [1.29, 1.82) is 0 Å². The number of hydrogen-bond donors (Lipinski definition) is 2. The highest BCUT2D eigenvalue weighted by atomic mass is 16.2. The smallest absolute Gasteiger partial charge is 0.326 e. The number of allylic oxidation sites excluding steroid dienone is 2. The van der Waals surface area contributed by atoms with Crippen molar-refractivity contribution in [2.45, 2.75) is 24.8 Å². The third kappa shape index (κ3) is 2.07. The minimum atomic E-state index is -0.831. The zero-order chi connectivity index (χ0) is 12.6. The average molecular weight is 230 g/mol. The van der Waals surface area contributed by atoms with Crippen molar-refractivity contribution in [3.63, 3.8) is 0 Å². The molecule has 6 heteroatoms. The Morgan fingerprint density at radius 3 is 3.00 bits per heavy atom. The molecule has 2 aliphatic rings. The fourth-order valence-corrected chi connectivity index (χ4v) is 1.90. The third-order valence-corrected chi connectivity index (χ3v) is 3.00. The Morgan fingerprint density at radius 2 is 2.41 bits per heavy atom. The van der Waals surface area contributed by atoms with Crippen LogP contribution in [0.1, 0.15) is 13.3 Å². The summed E-state index contributed by atoms with van der Waals surface area (Å²) in [5, 5.41) is 2.81. The van der Waals surface area contributed by atoms with Crippen molar-refractivity contribution in [2.24, 2.45) is 10.7 Å². The number of urea groups is 1. The largest absolute Gasteiger partial charge is 0.369 e. The Kier molecular flexibility index (Phi) is 2.73. The summed E-state index contributed by atoms with van der Waals surface area (Å²) in [6.07, 6.45) is 6.60. The molecule has 0 bridgehead atoms. The molecule has 2 radical (unpaired) electrons. The zero-order valence-corrected chi connectivity index (χ0v) is 9.97. The summed E-state index contributed by atoms with van der Waals surface area (Å²) in [6.45, 7) is 1.80. The van der Waals surface area contributed by atoms with Gasteiger partial charge in [-0.25, -0.2) is 9.79 Å². The van der Waals surface area contributed by atoms with Crippen LogP contribution >= 0.6 is 0 Å². The van der Waals surface area contributed by atoms with Crippen molar-refractivity contribution in [2.75, 3.05) is 7.05 Å². The number of aliphatic imine (C=N–C) groups is 1. The topological polar surface area (TPSA) is 70.7 Å². The fraction of sp³-hybridized carbons (Fsp3) is 0.455. The maximum Gasteiger partial charge on any atom is 0.326 e. The number of guanidine groups is 1. The van der Waals surface area contributed by atoms with Crippen molar-refractivity contribution in [3.8, 4) is 0 Å². The van der Waals surface area contributed by atoms with Crippen LogP contribution in [0.25, 0.3) is 0 Å². The predicted octanol–water partition coefficient (Wildman–Crippen LogP) is 0.516. The number of nitrogens with one attached hydrogen (secondary N) is 1. The van der Waals surface area contributed by atoms with E-state index in [4.69, 9.17) is 13.6 Å². The number of hydrogen-bond acceptors (Lipinski definition) is 3. The summed E-state index contributed by atoms with van der Waals surface area (Å²) in [6, 6.07) is -0.270. The predicted molar refractivity (Wildman–Crippen MR) is 67.7 cm³/mol. The minimum absolute atomic E-state index is 0.0418. The molecule has 0 saturated heterocycles. The molecule has 0 fully saturated rings. The van der Waals surface area contributed by atoms with E-state index in [0.717, 1.165) is 12.0 Å². The van der Waals surface area contributed by atoms with Gasteiger partial charge in [-0.2, -0.15) is 0 Å². The maximum atomic E-state index is 11.7. The van der Waals surface area contributed by atoms with Crippen LogP contribution in [0.15, 0.2) is 28.8 Å². The Labute approximate surface area is 102 Å². The second kappa shape index (κ2) is 3.94. The van der Waals surface area contributed by atoms with Gasteiger partial charge in [0.2, 0.25) is 5.96 Å². The summed E-state index contributed by atoms with van der Waals surface area (Å²) in [5.74, 6) is 0.157. The normalized spacial score (nSPS) is 32.9. The Bertz CT molecular complexity index is 443. The first kappa shape index (κ1) is 11.8. The number of nitrogens with zero attached hydrogens (tertiary/aromatic N) is 2. The van der Waals surface area contributed by atoms with Gasteiger partial charge in [0.05, 0.1) is 7.85 Å². The van der Waals surface area contributed by atoms with E-state index < -0.39 is 5.66 Å². The van der Waals surface area contributed by atoms with Gasteiger partial charge < -0.3 is 11.1 Å². The van der Waals surface area contributed by atoms with E-state index in [-0.39, 0.29) is 17.8 Å². The fourth-order valence-electron chi connectivity index (χ4n) is 1.90. The van der Waals surface area contributed by atoms with Crippen LogP contribution in [0.5, 0.6) is 0 Å². The number of rotatable bonds is 1. The Morgan fingerprint density at radius 1 is 1.71 bits per heavy atom. The molecule has 5 nitrogen and oxygen atoms in total. The molecule has 2 amide bonds. The molecule has 1 aliphatic heterocycles. The SMILES string of the molecule is [B]C1C=C(C2(C)N=C(N)N(C)C(=O)N2)C=CC1. The molecule has 0 aromatic heterocycles. The molecule has 1 heterocycles. The van der Waals surface area contributed by atoms with E-state index in [1.165, 1.54) is 4.90 Å². The van der Waals surface area contributed by atoms with Gasteiger partial charge in [-0.05, 0) is 18.9 Å². The van der Waals surface area contributed by atoms with E-state index in [2.05, 4.69) is 10.3 Å². The second-order valence-corrected chi connectivity index (χ2v) is 4.46. The van der Waals surface area contributed by atoms with Gasteiger partial charge in [0.1, 0.15) is 0 Å². The highest BCUT2D eigenvalue weighted by Crippen LogP contribution is 2.29. The van der Waals surface area contributed by atoms with Crippen molar-refractivity contribution < 1.29 is 4.79 Å². The lowest BCUT2D eigenvalue weighted by Crippen LogP contribution is -2.59. The van der Waals surface area contributed by atoms with Crippen LogP contribution < -0.4 is 11.1 Å². The molecular weight excluding hydrogens is 215 g/mol. The molecule has 0 spiro atoms. The van der Waals surface area contributed by atoms with Crippen LogP contribution in [-0.4, -0.2) is 37.4 Å². The molecule has 0 aromatic rings. The van der Waals surface area contributed by atoms with E-state index in [1.54, 1.807) is 14.0 Å². The first-order chi connectivity index (χ1) is 7.92. The lowest BCUT2D eigenvalue weighted by Gasteiger charge is -2.36. The maximum absolute atomic E-state index is 11.7. The van der Waals surface area contributed by atoms with Crippen LogP contribution in [0.2, 0.25) is 5.82 Å². The van der Waals surface area contributed by atoms with Crippen LogP contribution in [0, 0.1) is 0 Å². The molecule has 3 N–H and O–H groups in total. The lowest BCUT2D eigenvalue weighted by molar-refractivity contribution is 0.212. The van der Waals surface area contributed by atoms with E-state index in [1.807, 2.05) is 18.2 Å². The third-order valence-electron chi connectivity index (χ3n) is 3.00. The van der Waals surface area contributed by atoms with Crippen LogP contribution in [0.4, 0.5) is 4.79 Å². The zero-order valence-electron chi connectivity index (χ0n) is 9.97. The molecular formula is C11H15BN4O. The summed E-state index contributed by atoms with van der Waals surface area (Å²) < 4.78 is 0. The molecule has 2 unspecified atom stereocenters. The number of carbonyl (C=O) groups is 1. The van der Waals surface area contributed by atoms with Gasteiger partial charge in [0, 0.05) is 7.05 Å². The standard InChI is InChI=1S/C11H15BN4O/c1-11(7-4-3-5-8(12)6-7)14-9(13)16(2)10(17)15-11/h3-4,6,8H,5H2,1-2H3,(H2,13,14)(H,15,17). The van der Waals surface area contributed by atoms with Crippen molar-refractivity contribution in [3.05, 3.63) is 23.8 Å². The number of carbonyl (C=O) groups excluding carboxylic acids is 1. The molecule has 0 saturated carbocycles. The highest BCUT2D eigenvalue weighted by Gasteiger charge is 2.36. The van der Waals surface area contributed by atoms with E-state index >= 15 is 0 Å². The van der Waals surface area contributed by atoms with Crippen LogP contribution in [-0.2, 0) is 0 Å². The summed E-state index contributed by atoms with van der Waals surface area (Å²) in [4.78, 5) is 17.3. The number of amides is 2. The van der Waals surface area contributed by atoms with Gasteiger partial charge in [-0.1, -0.05) is 24.0 Å². The van der Waals surface area contributed by atoms with Gasteiger partial charge in [0.15, 0.2) is 5.66 Å². The summed E-state index contributed by atoms with van der Waals surface area (Å²) in [7, 11) is 7.43. The van der Waals surface area contributed by atoms with Crippen molar-refractivity contribution in [1.82, 2.24) is 10.2 Å². The molecule has 88 valence electrons. The molecule has 0 aromatic carbocycles. The van der Waals surface area contributed by atoms with E-state index in [0.29, 0.717) is 0 Å². The first-order valence-corrected chi connectivity index (χ1v) is 5.48. The average Bonchev–Trinajstić information content (AvgIpc) is 2.26. The second-order valence-electron chi connectivity index (χ2n) is 4.46. The van der Waals surface area contributed by atoms with Crippen LogP contribution in [0.3, 0.4) is 0 Å². The monoisotopic (exact) mass is 230 g/mol. The molecule has 2 atom stereocenters. The number of nitrogens with two attached hydrogens (primary N) is 1. The molecule has 17 heavy (non-hydrogen) atoms. The first-order valence-electron chi connectivity index (χ1n) is 5.48. The summed E-state index contributed by atoms with van der Waals surface area (Å²) in [5.41, 5.74) is 5.75.